The summed E-state index contributed by atoms with van der Waals surface area (Å²) in [4.78, 5) is 2.73. The van der Waals surface area contributed by atoms with Crippen LogP contribution in [0, 0.1) is 5.41 Å². The lowest BCUT2D eigenvalue weighted by Gasteiger charge is -2.42. The van der Waals surface area contributed by atoms with Gasteiger partial charge in [-0.05, 0) is 31.7 Å². The summed E-state index contributed by atoms with van der Waals surface area (Å²) in [5.74, 6) is 1.32. The van der Waals surface area contributed by atoms with Crippen LogP contribution in [-0.4, -0.2) is 48.1 Å². The molecular formula is C13H26N2S. The lowest BCUT2D eigenvalue weighted by Crippen LogP contribution is -2.50. The minimum atomic E-state index is 0.565. The van der Waals surface area contributed by atoms with Gasteiger partial charge in [-0.15, -0.1) is 0 Å². The molecule has 0 aromatic carbocycles. The van der Waals surface area contributed by atoms with Crippen LogP contribution in [0.4, 0.5) is 0 Å². The van der Waals surface area contributed by atoms with Crippen molar-refractivity contribution in [3.63, 3.8) is 0 Å². The molecule has 2 fully saturated rings. The molecule has 94 valence electrons. The van der Waals surface area contributed by atoms with E-state index in [1.165, 1.54) is 44.8 Å². The topological polar surface area (TPSA) is 15.3 Å². The van der Waals surface area contributed by atoms with Crippen LogP contribution in [0.5, 0.6) is 0 Å². The third kappa shape index (κ3) is 2.57. The van der Waals surface area contributed by atoms with Gasteiger partial charge in [-0.3, -0.25) is 4.90 Å². The summed E-state index contributed by atoms with van der Waals surface area (Å²) in [6.07, 6.45) is 2.69. The van der Waals surface area contributed by atoms with Crippen molar-refractivity contribution >= 4 is 11.8 Å². The summed E-state index contributed by atoms with van der Waals surface area (Å²) in [5.41, 5.74) is 0.565. The van der Waals surface area contributed by atoms with Crippen molar-refractivity contribution in [3.8, 4) is 0 Å². The van der Waals surface area contributed by atoms with Crippen molar-refractivity contribution < 1.29 is 0 Å². The molecule has 0 saturated carbocycles. The highest BCUT2D eigenvalue weighted by Gasteiger charge is 2.36. The Morgan fingerprint density at radius 2 is 2.25 bits per heavy atom. The van der Waals surface area contributed by atoms with Gasteiger partial charge in [0.05, 0.1) is 0 Å². The molecule has 16 heavy (non-hydrogen) atoms. The normalized spacial score (nSPS) is 41.4. The summed E-state index contributed by atoms with van der Waals surface area (Å²) in [6, 6.07) is 0.753. The molecule has 2 nitrogen and oxygen atoms in total. The molecular weight excluding hydrogens is 216 g/mol. The zero-order valence-electron chi connectivity index (χ0n) is 11.0. The van der Waals surface area contributed by atoms with Crippen LogP contribution in [0.2, 0.25) is 0 Å². The molecule has 2 heterocycles. The summed E-state index contributed by atoms with van der Waals surface area (Å²) in [6.45, 7) is 12.2. The summed E-state index contributed by atoms with van der Waals surface area (Å²) in [7, 11) is 0. The van der Waals surface area contributed by atoms with Crippen LogP contribution in [0.1, 0.15) is 33.6 Å². The largest absolute Gasteiger partial charge is 0.316 e. The van der Waals surface area contributed by atoms with Crippen LogP contribution in [0.25, 0.3) is 0 Å². The van der Waals surface area contributed by atoms with Gasteiger partial charge in [0.1, 0.15) is 0 Å². The van der Waals surface area contributed by atoms with Gasteiger partial charge < -0.3 is 5.32 Å². The number of hydrogen-bond acceptors (Lipinski definition) is 3. The van der Waals surface area contributed by atoms with E-state index in [4.69, 9.17) is 0 Å². The van der Waals surface area contributed by atoms with Crippen molar-refractivity contribution in [2.75, 3.05) is 31.9 Å². The van der Waals surface area contributed by atoms with Gasteiger partial charge in [0, 0.05) is 36.7 Å². The molecule has 2 rings (SSSR count). The minimum absolute atomic E-state index is 0.565. The zero-order chi connectivity index (χ0) is 11.6. The van der Waals surface area contributed by atoms with Crippen molar-refractivity contribution in [3.05, 3.63) is 0 Å². The number of nitrogens with zero attached hydrogens (tertiary/aromatic N) is 1. The van der Waals surface area contributed by atoms with E-state index in [-0.39, 0.29) is 0 Å². The molecule has 0 aliphatic carbocycles. The van der Waals surface area contributed by atoms with Crippen LogP contribution >= 0.6 is 11.8 Å². The van der Waals surface area contributed by atoms with Gasteiger partial charge in [-0.2, -0.15) is 11.8 Å². The van der Waals surface area contributed by atoms with Gasteiger partial charge >= 0.3 is 0 Å². The average molecular weight is 242 g/mol. The van der Waals surface area contributed by atoms with E-state index < -0.39 is 0 Å². The predicted molar refractivity (Wildman–Crippen MR) is 73.2 cm³/mol. The Kier molecular flexibility index (Phi) is 4.20. The van der Waals surface area contributed by atoms with E-state index in [9.17, 15) is 0 Å². The van der Waals surface area contributed by atoms with Crippen LogP contribution in [0.3, 0.4) is 0 Å². The fourth-order valence-electron chi connectivity index (χ4n) is 2.99. The molecule has 2 aliphatic heterocycles. The standard InChI is InChI=1S/C13H26N2S/c1-4-13(5-6-14-9-13)10-15-7-8-16-12(3)11(15)2/h11-12,14H,4-10H2,1-3H3. The van der Waals surface area contributed by atoms with Crippen LogP contribution in [0.15, 0.2) is 0 Å². The third-order valence-electron chi connectivity index (χ3n) is 4.64. The van der Waals surface area contributed by atoms with Crippen molar-refractivity contribution in [2.24, 2.45) is 5.41 Å². The number of nitrogens with one attached hydrogen (secondary N) is 1. The maximum absolute atomic E-state index is 3.55. The maximum atomic E-state index is 3.55. The quantitative estimate of drug-likeness (QED) is 0.817. The highest BCUT2D eigenvalue weighted by atomic mass is 32.2. The summed E-state index contributed by atoms with van der Waals surface area (Å²) < 4.78 is 0. The first-order valence-electron chi connectivity index (χ1n) is 6.73. The molecule has 0 radical (unpaired) electrons. The van der Waals surface area contributed by atoms with E-state index in [1.807, 2.05) is 0 Å². The lowest BCUT2D eigenvalue weighted by molar-refractivity contribution is 0.124. The second-order valence-electron chi connectivity index (χ2n) is 5.57. The Morgan fingerprint density at radius 1 is 1.44 bits per heavy atom. The molecule has 0 bridgehead atoms. The number of thioether (sulfide) groups is 1. The first-order valence-corrected chi connectivity index (χ1v) is 7.78. The van der Waals surface area contributed by atoms with Crippen molar-refractivity contribution in [2.45, 2.75) is 44.9 Å². The Labute approximate surface area is 105 Å². The molecule has 2 aliphatic rings. The number of hydrogen-bond donors (Lipinski definition) is 1. The Bertz CT molecular complexity index is 226. The lowest BCUT2D eigenvalue weighted by atomic mass is 9.83. The Morgan fingerprint density at radius 3 is 2.88 bits per heavy atom. The first kappa shape index (κ1) is 12.7. The Balaban J connectivity index is 1.96. The minimum Gasteiger partial charge on any atom is -0.316 e. The molecule has 3 unspecified atom stereocenters. The van der Waals surface area contributed by atoms with Gasteiger partial charge in [0.15, 0.2) is 0 Å². The monoisotopic (exact) mass is 242 g/mol. The van der Waals surface area contributed by atoms with Crippen LogP contribution < -0.4 is 5.32 Å². The molecule has 1 N–H and O–H groups in total. The smallest absolute Gasteiger partial charge is 0.0184 e. The molecule has 3 heteroatoms. The van der Waals surface area contributed by atoms with Gasteiger partial charge in [-0.1, -0.05) is 13.8 Å². The second-order valence-corrected chi connectivity index (χ2v) is 7.05. The predicted octanol–water partition coefficient (Wildman–Crippen LogP) is 2.20. The van der Waals surface area contributed by atoms with Crippen molar-refractivity contribution in [1.29, 1.82) is 0 Å². The van der Waals surface area contributed by atoms with E-state index >= 15 is 0 Å². The Hall–Kier alpha value is 0.270. The SMILES string of the molecule is CCC1(CN2CCSC(C)C2C)CCNC1. The molecule has 0 spiro atoms. The van der Waals surface area contributed by atoms with E-state index in [2.05, 4.69) is 42.7 Å². The number of rotatable bonds is 3. The molecule has 0 amide bonds. The second kappa shape index (κ2) is 5.28. The first-order chi connectivity index (χ1) is 7.67. The molecule has 3 atom stereocenters. The molecule has 0 aromatic rings. The van der Waals surface area contributed by atoms with Gasteiger partial charge in [0.2, 0.25) is 0 Å². The van der Waals surface area contributed by atoms with Crippen LogP contribution in [-0.2, 0) is 0 Å². The fraction of sp³-hybridized carbons (Fsp3) is 1.00. The summed E-state index contributed by atoms with van der Waals surface area (Å²) in [5, 5.41) is 4.35. The van der Waals surface area contributed by atoms with Gasteiger partial charge in [-0.25, -0.2) is 0 Å². The zero-order valence-corrected chi connectivity index (χ0v) is 11.8. The third-order valence-corrected chi connectivity index (χ3v) is 5.97. The average Bonchev–Trinajstić information content (AvgIpc) is 2.74. The highest BCUT2D eigenvalue weighted by Crippen LogP contribution is 2.33. The summed E-state index contributed by atoms with van der Waals surface area (Å²) >= 11 is 2.14. The molecule has 0 aromatic heterocycles. The molecule has 2 saturated heterocycles. The van der Waals surface area contributed by atoms with Crippen molar-refractivity contribution in [1.82, 2.24) is 10.2 Å². The van der Waals surface area contributed by atoms with E-state index in [0.29, 0.717) is 5.41 Å². The van der Waals surface area contributed by atoms with Gasteiger partial charge in [0.25, 0.3) is 0 Å². The van der Waals surface area contributed by atoms with E-state index in [0.717, 1.165) is 11.3 Å². The highest BCUT2D eigenvalue weighted by molar-refractivity contribution is 8.00. The fourth-order valence-corrected chi connectivity index (χ4v) is 4.16. The van der Waals surface area contributed by atoms with E-state index in [1.54, 1.807) is 0 Å². The maximum Gasteiger partial charge on any atom is 0.0184 e.